The maximum absolute atomic E-state index is 13.5. The molecule has 3 aromatic carbocycles. The molecule has 4 rings (SSSR count). The van der Waals surface area contributed by atoms with E-state index in [0.717, 1.165) is 35.1 Å². The number of aryl methyl sites for hydroxylation is 1. The van der Waals surface area contributed by atoms with Crippen molar-refractivity contribution in [1.82, 2.24) is 10.2 Å². The fourth-order valence-corrected chi connectivity index (χ4v) is 5.82. The van der Waals surface area contributed by atoms with E-state index in [1.807, 2.05) is 31.2 Å². The molecule has 184 valence electrons. The summed E-state index contributed by atoms with van der Waals surface area (Å²) in [7, 11) is -3.98. The number of likely N-dealkylation sites (tertiary alicyclic amines) is 1. The third-order valence-corrected chi connectivity index (χ3v) is 8.21. The Hall–Kier alpha value is -2.87. The van der Waals surface area contributed by atoms with Crippen molar-refractivity contribution in [2.75, 3.05) is 23.9 Å². The van der Waals surface area contributed by atoms with Crippen LogP contribution in [0.3, 0.4) is 0 Å². The lowest BCUT2D eigenvalue weighted by Crippen LogP contribution is -2.40. The molecule has 1 saturated heterocycles. The van der Waals surface area contributed by atoms with E-state index in [1.165, 1.54) is 42.7 Å². The average Bonchev–Trinajstić information content (AvgIpc) is 3.35. The van der Waals surface area contributed by atoms with Crippen molar-refractivity contribution in [3.63, 3.8) is 0 Å². The van der Waals surface area contributed by atoms with E-state index in [0.29, 0.717) is 17.3 Å². The second-order valence-electron chi connectivity index (χ2n) is 8.83. The first-order chi connectivity index (χ1) is 16.8. The minimum Gasteiger partial charge on any atom is -0.350 e. The molecule has 0 radical (unpaired) electrons. The second-order valence-corrected chi connectivity index (χ2v) is 11.1. The van der Waals surface area contributed by atoms with Gasteiger partial charge in [0.2, 0.25) is 5.91 Å². The van der Waals surface area contributed by atoms with Crippen LogP contribution in [-0.2, 0) is 27.9 Å². The maximum atomic E-state index is 13.5. The SMILES string of the molecule is Cc1cccc(N(CC(=O)NCc2ccccc2CN2CCCC2)S(=O)(=O)c2ccc(Cl)cc2)c1. The molecule has 0 unspecified atom stereocenters. The van der Waals surface area contributed by atoms with Crippen molar-refractivity contribution in [2.24, 2.45) is 0 Å². The molecule has 1 N–H and O–H groups in total. The monoisotopic (exact) mass is 511 g/mol. The summed E-state index contributed by atoms with van der Waals surface area (Å²) in [6, 6.07) is 21.1. The first kappa shape index (κ1) is 25.2. The molecular weight excluding hydrogens is 482 g/mol. The van der Waals surface area contributed by atoms with Gasteiger partial charge in [-0.2, -0.15) is 0 Å². The summed E-state index contributed by atoms with van der Waals surface area (Å²) in [4.78, 5) is 15.5. The molecule has 3 aromatic rings. The van der Waals surface area contributed by atoms with Gasteiger partial charge in [0.25, 0.3) is 10.0 Å². The highest BCUT2D eigenvalue weighted by Gasteiger charge is 2.27. The number of benzene rings is 3. The van der Waals surface area contributed by atoms with Gasteiger partial charge >= 0.3 is 0 Å². The summed E-state index contributed by atoms with van der Waals surface area (Å²) < 4.78 is 28.2. The van der Waals surface area contributed by atoms with E-state index in [-0.39, 0.29) is 17.3 Å². The lowest BCUT2D eigenvalue weighted by Gasteiger charge is -2.24. The fourth-order valence-electron chi connectivity index (χ4n) is 4.28. The van der Waals surface area contributed by atoms with Gasteiger partial charge in [0.05, 0.1) is 10.6 Å². The predicted molar refractivity (Wildman–Crippen MR) is 140 cm³/mol. The molecule has 0 aromatic heterocycles. The van der Waals surface area contributed by atoms with Crippen LogP contribution in [0.25, 0.3) is 0 Å². The van der Waals surface area contributed by atoms with Crippen molar-refractivity contribution in [3.05, 3.63) is 94.5 Å². The highest BCUT2D eigenvalue weighted by Crippen LogP contribution is 2.25. The molecule has 0 saturated carbocycles. The molecule has 1 amide bonds. The topological polar surface area (TPSA) is 69.7 Å². The van der Waals surface area contributed by atoms with Gasteiger partial charge in [0, 0.05) is 18.1 Å². The van der Waals surface area contributed by atoms with Gasteiger partial charge in [0.1, 0.15) is 6.54 Å². The van der Waals surface area contributed by atoms with E-state index >= 15 is 0 Å². The zero-order valence-electron chi connectivity index (χ0n) is 19.8. The summed E-state index contributed by atoms with van der Waals surface area (Å²) in [5.74, 6) is -0.375. The second kappa shape index (κ2) is 11.2. The number of amides is 1. The number of rotatable bonds is 9. The summed E-state index contributed by atoms with van der Waals surface area (Å²) >= 11 is 5.95. The molecule has 1 aliphatic rings. The van der Waals surface area contributed by atoms with Crippen molar-refractivity contribution in [2.45, 2.75) is 37.8 Å². The highest BCUT2D eigenvalue weighted by atomic mass is 35.5. The van der Waals surface area contributed by atoms with Crippen LogP contribution >= 0.6 is 11.6 Å². The molecule has 0 bridgehead atoms. The number of halogens is 1. The van der Waals surface area contributed by atoms with E-state index in [2.05, 4.69) is 16.3 Å². The van der Waals surface area contributed by atoms with Crippen LogP contribution in [0.4, 0.5) is 5.69 Å². The van der Waals surface area contributed by atoms with Crippen LogP contribution in [-0.4, -0.2) is 38.9 Å². The number of hydrogen-bond acceptors (Lipinski definition) is 4. The Balaban J connectivity index is 1.52. The van der Waals surface area contributed by atoms with Crippen molar-refractivity contribution in [3.8, 4) is 0 Å². The summed E-state index contributed by atoms with van der Waals surface area (Å²) in [6.07, 6.45) is 2.44. The van der Waals surface area contributed by atoms with Crippen LogP contribution in [0, 0.1) is 6.92 Å². The fraction of sp³-hybridized carbons (Fsp3) is 0.296. The van der Waals surface area contributed by atoms with E-state index in [9.17, 15) is 13.2 Å². The van der Waals surface area contributed by atoms with E-state index in [1.54, 1.807) is 18.2 Å². The quantitative estimate of drug-likeness (QED) is 0.450. The smallest absolute Gasteiger partial charge is 0.264 e. The van der Waals surface area contributed by atoms with Gasteiger partial charge < -0.3 is 5.32 Å². The minimum atomic E-state index is -3.98. The van der Waals surface area contributed by atoms with Crippen LogP contribution < -0.4 is 9.62 Å². The van der Waals surface area contributed by atoms with Gasteiger partial charge in [-0.1, -0.05) is 48.0 Å². The average molecular weight is 512 g/mol. The lowest BCUT2D eigenvalue weighted by molar-refractivity contribution is -0.119. The van der Waals surface area contributed by atoms with Crippen LogP contribution in [0.2, 0.25) is 5.02 Å². The van der Waals surface area contributed by atoms with Crippen molar-refractivity contribution >= 4 is 33.2 Å². The Morgan fingerprint density at radius 1 is 0.971 bits per heavy atom. The van der Waals surface area contributed by atoms with E-state index in [4.69, 9.17) is 11.6 Å². The number of nitrogens with one attached hydrogen (secondary N) is 1. The molecular formula is C27H30ClN3O3S. The first-order valence-electron chi connectivity index (χ1n) is 11.7. The predicted octanol–water partition coefficient (Wildman–Crippen LogP) is 4.76. The number of sulfonamides is 1. The molecule has 1 aliphatic heterocycles. The molecule has 0 spiro atoms. The molecule has 1 fully saturated rings. The molecule has 0 aliphatic carbocycles. The Labute approximate surface area is 212 Å². The zero-order valence-corrected chi connectivity index (χ0v) is 21.4. The molecule has 6 nitrogen and oxygen atoms in total. The van der Waals surface area contributed by atoms with Crippen molar-refractivity contribution in [1.29, 1.82) is 0 Å². The van der Waals surface area contributed by atoms with Crippen LogP contribution in [0.5, 0.6) is 0 Å². The summed E-state index contributed by atoms with van der Waals surface area (Å²) in [5, 5.41) is 3.37. The van der Waals surface area contributed by atoms with Crippen molar-refractivity contribution < 1.29 is 13.2 Å². The normalized spacial score (nSPS) is 14.1. The third kappa shape index (κ3) is 6.42. The number of carbonyl (C=O) groups excluding carboxylic acids is 1. The third-order valence-electron chi connectivity index (χ3n) is 6.17. The number of carbonyl (C=O) groups is 1. The maximum Gasteiger partial charge on any atom is 0.264 e. The Kier molecular flexibility index (Phi) is 8.11. The molecule has 8 heteroatoms. The van der Waals surface area contributed by atoms with Gasteiger partial charge in [-0.05, 0) is 85.9 Å². The van der Waals surface area contributed by atoms with Gasteiger partial charge in [-0.3, -0.25) is 14.0 Å². The molecule has 35 heavy (non-hydrogen) atoms. The van der Waals surface area contributed by atoms with Gasteiger partial charge in [-0.15, -0.1) is 0 Å². The molecule has 0 atom stereocenters. The Morgan fingerprint density at radius 3 is 2.34 bits per heavy atom. The first-order valence-corrected chi connectivity index (χ1v) is 13.6. The number of nitrogens with zero attached hydrogens (tertiary/aromatic N) is 2. The highest BCUT2D eigenvalue weighted by molar-refractivity contribution is 7.92. The summed E-state index contributed by atoms with van der Waals surface area (Å²) in [5.41, 5.74) is 3.55. The minimum absolute atomic E-state index is 0.0761. The molecule has 1 heterocycles. The van der Waals surface area contributed by atoms with Gasteiger partial charge in [0.15, 0.2) is 0 Å². The lowest BCUT2D eigenvalue weighted by atomic mass is 10.1. The van der Waals surface area contributed by atoms with E-state index < -0.39 is 10.0 Å². The van der Waals surface area contributed by atoms with Gasteiger partial charge in [-0.25, -0.2) is 8.42 Å². The standard InChI is InChI=1S/C27H30ClN3O3S/c1-21-7-6-10-25(17-21)31(35(33,34)26-13-11-24(28)12-14-26)20-27(32)29-18-22-8-2-3-9-23(22)19-30-15-4-5-16-30/h2-3,6-14,17H,4-5,15-16,18-20H2,1H3,(H,29,32). The van der Waals surface area contributed by atoms with Crippen LogP contribution in [0.15, 0.2) is 77.7 Å². The Bertz CT molecular complexity index is 1270. The number of anilines is 1. The zero-order chi connectivity index (χ0) is 24.8. The van der Waals surface area contributed by atoms with Crippen LogP contribution in [0.1, 0.15) is 29.5 Å². The Morgan fingerprint density at radius 2 is 1.66 bits per heavy atom. The largest absolute Gasteiger partial charge is 0.350 e. The summed E-state index contributed by atoms with van der Waals surface area (Å²) in [6.45, 7) is 4.93. The number of hydrogen-bond donors (Lipinski definition) is 1.